The first-order chi connectivity index (χ1) is 13.7. The Hall–Kier alpha value is -1.11. The Labute approximate surface area is 172 Å². The topological polar surface area (TPSA) is 0 Å². The van der Waals surface area contributed by atoms with Gasteiger partial charge in [-0.25, -0.2) is 4.39 Å². The summed E-state index contributed by atoms with van der Waals surface area (Å²) in [6.07, 6.45) is 21.1. The van der Waals surface area contributed by atoms with E-state index < -0.39 is 0 Å². The maximum Gasteiger partial charge on any atom is 0.123 e. The molecular weight excluding hydrogens is 343 g/mol. The summed E-state index contributed by atoms with van der Waals surface area (Å²) in [5.74, 6) is 4.85. The van der Waals surface area contributed by atoms with E-state index in [1.165, 1.54) is 94.6 Å². The van der Waals surface area contributed by atoms with Gasteiger partial charge in [0.25, 0.3) is 0 Å². The summed E-state index contributed by atoms with van der Waals surface area (Å²) in [7, 11) is 0. The smallest absolute Gasteiger partial charge is 0.123 e. The van der Waals surface area contributed by atoms with Gasteiger partial charge in [0.05, 0.1) is 0 Å². The van der Waals surface area contributed by atoms with Crippen molar-refractivity contribution in [1.29, 1.82) is 0 Å². The molecule has 0 nitrogen and oxygen atoms in total. The number of halogens is 1. The molecule has 1 atom stereocenters. The fourth-order valence-corrected chi connectivity index (χ4v) is 6.65. The molecule has 0 N–H and O–H groups in total. The first kappa shape index (κ1) is 20.2. The molecule has 154 valence electrons. The van der Waals surface area contributed by atoms with Crippen molar-refractivity contribution in [3.05, 3.63) is 41.7 Å². The van der Waals surface area contributed by atoms with E-state index in [1.807, 2.05) is 12.1 Å². The van der Waals surface area contributed by atoms with Gasteiger partial charge in [-0.2, -0.15) is 0 Å². The largest absolute Gasteiger partial charge is 0.207 e. The van der Waals surface area contributed by atoms with Crippen molar-refractivity contribution in [3.63, 3.8) is 0 Å². The van der Waals surface area contributed by atoms with E-state index in [0.29, 0.717) is 0 Å². The minimum atomic E-state index is -0.131. The average Bonchev–Trinajstić information content (AvgIpc) is 2.75. The zero-order chi connectivity index (χ0) is 19.3. The molecular formula is C27H39F. The predicted molar refractivity (Wildman–Crippen MR) is 118 cm³/mol. The SMILES string of the molecule is CCCC1CCC(C2CCC(C3CC=C(c4ccc(F)cc4)CC3)CC2)CC1. The van der Waals surface area contributed by atoms with Crippen LogP contribution in [0.2, 0.25) is 0 Å². The molecule has 1 aromatic carbocycles. The van der Waals surface area contributed by atoms with Crippen LogP contribution in [0.25, 0.3) is 5.57 Å². The van der Waals surface area contributed by atoms with E-state index in [4.69, 9.17) is 0 Å². The number of allylic oxidation sites excluding steroid dienone is 2. The number of benzene rings is 1. The first-order valence-electron chi connectivity index (χ1n) is 12.2. The van der Waals surface area contributed by atoms with Crippen molar-refractivity contribution in [2.45, 2.75) is 90.4 Å². The lowest BCUT2D eigenvalue weighted by Gasteiger charge is -2.40. The van der Waals surface area contributed by atoms with Gasteiger partial charge in [0.2, 0.25) is 0 Å². The molecule has 4 rings (SSSR count). The third kappa shape index (κ3) is 4.89. The summed E-state index contributed by atoms with van der Waals surface area (Å²) >= 11 is 0. The quantitative estimate of drug-likeness (QED) is 0.479. The van der Waals surface area contributed by atoms with Crippen molar-refractivity contribution in [2.75, 3.05) is 0 Å². The van der Waals surface area contributed by atoms with Crippen LogP contribution < -0.4 is 0 Å². The summed E-state index contributed by atoms with van der Waals surface area (Å²) in [4.78, 5) is 0. The molecule has 0 bridgehead atoms. The molecule has 0 radical (unpaired) electrons. The van der Waals surface area contributed by atoms with E-state index in [1.54, 1.807) is 12.1 Å². The van der Waals surface area contributed by atoms with E-state index in [9.17, 15) is 4.39 Å². The van der Waals surface area contributed by atoms with Gasteiger partial charge in [0.1, 0.15) is 5.82 Å². The molecule has 1 aromatic rings. The molecule has 0 saturated heterocycles. The summed E-state index contributed by atoms with van der Waals surface area (Å²) in [5, 5.41) is 0. The van der Waals surface area contributed by atoms with Gasteiger partial charge in [-0.15, -0.1) is 0 Å². The minimum Gasteiger partial charge on any atom is -0.207 e. The van der Waals surface area contributed by atoms with Crippen LogP contribution in [0.1, 0.15) is 96.0 Å². The van der Waals surface area contributed by atoms with Crippen LogP contribution in [0, 0.1) is 35.4 Å². The maximum absolute atomic E-state index is 13.2. The maximum atomic E-state index is 13.2. The van der Waals surface area contributed by atoms with Crippen LogP contribution in [0.3, 0.4) is 0 Å². The Morgan fingerprint density at radius 2 is 1.32 bits per heavy atom. The van der Waals surface area contributed by atoms with Gasteiger partial charge in [-0.05, 0) is 111 Å². The molecule has 0 heterocycles. The van der Waals surface area contributed by atoms with Crippen molar-refractivity contribution >= 4 is 5.57 Å². The normalized spacial score (nSPS) is 34.1. The zero-order valence-corrected chi connectivity index (χ0v) is 17.8. The van der Waals surface area contributed by atoms with Crippen molar-refractivity contribution in [2.24, 2.45) is 29.6 Å². The van der Waals surface area contributed by atoms with Gasteiger partial charge < -0.3 is 0 Å². The molecule has 0 spiro atoms. The highest BCUT2D eigenvalue weighted by Gasteiger charge is 2.33. The molecule has 0 aliphatic heterocycles. The number of rotatable bonds is 5. The van der Waals surface area contributed by atoms with E-state index >= 15 is 0 Å². The lowest BCUT2D eigenvalue weighted by molar-refractivity contribution is 0.121. The molecule has 1 unspecified atom stereocenters. The lowest BCUT2D eigenvalue weighted by Crippen LogP contribution is -2.28. The molecule has 3 aliphatic rings. The second-order valence-corrected chi connectivity index (χ2v) is 10.0. The number of hydrogen-bond donors (Lipinski definition) is 0. The van der Waals surface area contributed by atoms with Crippen LogP contribution in [0.5, 0.6) is 0 Å². The van der Waals surface area contributed by atoms with Gasteiger partial charge >= 0.3 is 0 Å². The van der Waals surface area contributed by atoms with Crippen LogP contribution in [0.15, 0.2) is 30.3 Å². The van der Waals surface area contributed by atoms with Gasteiger partial charge in [0.15, 0.2) is 0 Å². The highest BCUT2D eigenvalue weighted by molar-refractivity contribution is 5.66. The van der Waals surface area contributed by atoms with Crippen LogP contribution >= 0.6 is 0 Å². The Balaban J connectivity index is 1.23. The van der Waals surface area contributed by atoms with E-state index in [-0.39, 0.29) is 5.82 Å². The summed E-state index contributed by atoms with van der Waals surface area (Å²) in [6.45, 7) is 2.34. The van der Waals surface area contributed by atoms with Crippen LogP contribution in [-0.4, -0.2) is 0 Å². The monoisotopic (exact) mass is 382 g/mol. The molecule has 0 amide bonds. The van der Waals surface area contributed by atoms with Crippen LogP contribution in [-0.2, 0) is 0 Å². The number of hydrogen-bond acceptors (Lipinski definition) is 0. The molecule has 3 aliphatic carbocycles. The Morgan fingerprint density at radius 3 is 1.86 bits per heavy atom. The van der Waals surface area contributed by atoms with Crippen molar-refractivity contribution in [1.82, 2.24) is 0 Å². The van der Waals surface area contributed by atoms with Crippen molar-refractivity contribution in [3.8, 4) is 0 Å². The molecule has 2 fully saturated rings. The Bertz CT molecular complexity index is 627. The zero-order valence-electron chi connectivity index (χ0n) is 17.8. The van der Waals surface area contributed by atoms with Crippen LogP contribution in [0.4, 0.5) is 4.39 Å². The van der Waals surface area contributed by atoms with Crippen molar-refractivity contribution < 1.29 is 4.39 Å². The standard InChI is InChI=1S/C27H39F/c1-2-3-20-4-6-21(7-5-20)22-8-10-23(11-9-22)24-12-14-25(15-13-24)26-16-18-27(28)19-17-26/h14,16-24H,2-13,15H2,1H3. The van der Waals surface area contributed by atoms with E-state index in [0.717, 1.165) is 29.6 Å². The lowest BCUT2D eigenvalue weighted by atomic mass is 9.65. The minimum absolute atomic E-state index is 0.131. The van der Waals surface area contributed by atoms with Gasteiger partial charge in [-0.1, -0.05) is 50.8 Å². The summed E-state index contributed by atoms with van der Waals surface area (Å²) in [5.41, 5.74) is 2.66. The second kappa shape index (κ2) is 9.59. The third-order valence-electron chi connectivity index (χ3n) is 8.40. The highest BCUT2D eigenvalue weighted by atomic mass is 19.1. The van der Waals surface area contributed by atoms with E-state index in [2.05, 4.69) is 13.0 Å². The second-order valence-electron chi connectivity index (χ2n) is 10.0. The molecule has 28 heavy (non-hydrogen) atoms. The summed E-state index contributed by atoms with van der Waals surface area (Å²) in [6, 6.07) is 7.09. The predicted octanol–water partition coefficient (Wildman–Crippen LogP) is 8.42. The first-order valence-corrected chi connectivity index (χ1v) is 12.2. The molecule has 2 saturated carbocycles. The molecule has 1 heteroatoms. The summed E-state index contributed by atoms with van der Waals surface area (Å²) < 4.78 is 13.2. The average molecular weight is 383 g/mol. The van der Waals surface area contributed by atoms with Gasteiger partial charge in [-0.3, -0.25) is 0 Å². The Morgan fingerprint density at radius 1 is 0.750 bits per heavy atom. The Kier molecular flexibility index (Phi) is 6.91. The van der Waals surface area contributed by atoms with Gasteiger partial charge in [0, 0.05) is 0 Å². The fraction of sp³-hybridized carbons (Fsp3) is 0.704. The fourth-order valence-electron chi connectivity index (χ4n) is 6.65. The molecule has 0 aromatic heterocycles. The highest BCUT2D eigenvalue weighted by Crippen LogP contribution is 2.46. The third-order valence-corrected chi connectivity index (χ3v) is 8.40.